The van der Waals surface area contributed by atoms with Gasteiger partial charge in [-0.1, -0.05) is 6.07 Å². The average molecular weight is 283 g/mol. The van der Waals surface area contributed by atoms with Gasteiger partial charge in [-0.15, -0.1) is 0 Å². The van der Waals surface area contributed by atoms with Gasteiger partial charge < -0.3 is 9.84 Å². The molecule has 2 saturated heterocycles. The first kappa shape index (κ1) is 12.6. The van der Waals surface area contributed by atoms with E-state index in [4.69, 9.17) is 9.84 Å². The highest BCUT2D eigenvalue weighted by Gasteiger charge is 2.53. The Morgan fingerprint density at radius 3 is 2.58 bits per heavy atom. The van der Waals surface area contributed by atoms with E-state index in [1.54, 1.807) is 0 Å². The van der Waals surface area contributed by atoms with Crippen LogP contribution in [0.2, 0.25) is 0 Å². The molecule has 2 heterocycles. The van der Waals surface area contributed by atoms with Crippen LogP contribution < -0.4 is 0 Å². The molecule has 6 nitrogen and oxygen atoms in total. The summed E-state index contributed by atoms with van der Waals surface area (Å²) < 4.78 is 31.3. The SMILES string of the molecule is O=C(O)c1cccc(S(=O)(=O)N2CC3(CCO3)C2)c1. The van der Waals surface area contributed by atoms with E-state index in [9.17, 15) is 13.2 Å². The molecule has 0 radical (unpaired) electrons. The molecule has 1 aromatic rings. The van der Waals surface area contributed by atoms with Crippen LogP contribution in [0.3, 0.4) is 0 Å². The molecule has 2 aliphatic rings. The molecule has 1 aromatic carbocycles. The molecular formula is C12H13NO5S. The zero-order valence-corrected chi connectivity index (χ0v) is 10.9. The zero-order valence-electron chi connectivity index (χ0n) is 10.1. The Kier molecular flexibility index (Phi) is 2.67. The third kappa shape index (κ3) is 1.94. The van der Waals surface area contributed by atoms with Crippen LogP contribution in [0.4, 0.5) is 0 Å². The second-order valence-corrected chi connectivity index (χ2v) is 6.83. The van der Waals surface area contributed by atoms with Gasteiger partial charge in [0.05, 0.1) is 22.7 Å². The van der Waals surface area contributed by atoms with Crippen LogP contribution in [0.1, 0.15) is 16.8 Å². The Hall–Kier alpha value is -1.44. The summed E-state index contributed by atoms with van der Waals surface area (Å²) in [7, 11) is -3.62. The summed E-state index contributed by atoms with van der Waals surface area (Å²) in [4.78, 5) is 10.9. The van der Waals surface area contributed by atoms with Crippen molar-refractivity contribution in [2.24, 2.45) is 0 Å². The van der Waals surface area contributed by atoms with Gasteiger partial charge in [-0.05, 0) is 18.2 Å². The van der Waals surface area contributed by atoms with Gasteiger partial charge in [0.15, 0.2) is 0 Å². The number of nitrogens with zero attached hydrogens (tertiary/aromatic N) is 1. The number of aromatic carboxylic acids is 1. The number of hydrogen-bond donors (Lipinski definition) is 1. The smallest absolute Gasteiger partial charge is 0.335 e. The fourth-order valence-electron chi connectivity index (χ4n) is 2.35. The van der Waals surface area contributed by atoms with Crippen LogP contribution >= 0.6 is 0 Å². The van der Waals surface area contributed by atoms with Gasteiger partial charge >= 0.3 is 5.97 Å². The monoisotopic (exact) mass is 283 g/mol. The molecule has 0 amide bonds. The first-order chi connectivity index (χ1) is 8.93. The first-order valence-corrected chi connectivity index (χ1v) is 7.35. The summed E-state index contributed by atoms with van der Waals surface area (Å²) in [6.45, 7) is 1.39. The lowest BCUT2D eigenvalue weighted by Gasteiger charge is -2.54. The molecule has 2 fully saturated rings. The second-order valence-electron chi connectivity index (χ2n) is 4.89. The molecule has 0 unspecified atom stereocenters. The summed E-state index contributed by atoms with van der Waals surface area (Å²) in [6.07, 6.45) is 0.883. The number of carboxylic acid groups (broad SMARTS) is 1. The lowest BCUT2D eigenvalue weighted by Crippen LogP contribution is -2.69. The molecule has 0 aromatic heterocycles. The van der Waals surface area contributed by atoms with Crippen molar-refractivity contribution in [2.45, 2.75) is 16.9 Å². The molecular weight excluding hydrogens is 270 g/mol. The third-order valence-electron chi connectivity index (χ3n) is 3.61. The number of sulfonamides is 1. The Labute approximate surface area is 110 Å². The number of carbonyl (C=O) groups is 1. The van der Waals surface area contributed by atoms with E-state index in [0.717, 1.165) is 6.42 Å². The van der Waals surface area contributed by atoms with Crippen molar-refractivity contribution in [2.75, 3.05) is 19.7 Å². The average Bonchev–Trinajstić information content (AvgIpc) is 2.25. The molecule has 102 valence electrons. The maximum absolute atomic E-state index is 12.3. The van der Waals surface area contributed by atoms with Crippen LogP contribution in [0.15, 0.2) is 29.2 Å². The Morgan fingerprint density at radius 2 is 2.05 bits per heavy atom. The van der Waals surface area contributed by atoms with Crippen LogP contribution in [0.25, 0.3) is 0 Å². The van der Waals surface area contributed by atoms with Crippen molar-refractivity contribution in [1.82, 2.24) is 4.31 Å². The summed E-state index contributed by atoms with van der Waals surface area (Å²) in [6, 6.07) is 5.40. The minimum absolute atomic E-state index is 0.0153. The second kappa shape index (κ2) is 4.03. The molecule has 0 atom stereocenters. The standard InChI is InChI=1S/C12H13NO5S/c14-11(15)9-2-1-3-10(6-9)19(16,17)13-7-12(8-13)4-5-18-12/h1-3,6H,4-5,7-8H2,(H,14,15). The van der Waals surface area contributed by atoms with Gasteiger partial charge in [0, 0.05) is 19.5 Å². The van der Waals surface area contributed by atoms with Gasteiger partial charge in [0.2, 0.25) is 10.0 Å². The molecule has 0 aliphatic carbocycles. The molecule has 3 rings (SSSR count). The van der Waals surface area contributed by atoms with Crippen molar-refractivity contribution in [3.8, 4) is 0 Å². The number of hydrogen-bond acceptors (Lipinski definition) is 4. The number of benzene rings is 1. The van der Waals surface area contributed by atoms with Crippen molar-refractivity contribution in [3.05, 3.63) is 29.8 Å². The summed E-state index contributed by atoms with van der Waals surface area (Å²) in [5.74, 6) is -1.14. The fourth-order valence-corrected chi connectivity index (χ4v) is 3.98. The fraction of sp³-hybridized carbons (Fsp3) is 0.417. The highest BCUT2D eigenvalue weighted by Crippen LogP contribution is 2.38. The minimum atomic E-state index is -3.62. The minimum Gasteiger partial charge on any atom is -0.478 e. The molecule has 2 aliphatic heterocycles. The quantitative estimate of drug-likeness (QED) is 0.875. The van der Waals surface area contributed by atoms with Crippen molar-refractivity contribution < 1.29 is 23.1 Å². The normalized spacial score (nSPS) is 21.7. The number of carboxylic acids is 1. The van der Waals surface area contributed by atoms with E-state index in [1.807, 2.05) is 0 Å². The van der Waals surface area contributed by atoms with Gasteiger partial charge in [0.1, 0.15) is 0 Å². The molecule has 0 saturated carbocycles. The Morgan fingerprint density at radius 1 is 1.37 bits per heavy atom. The number of ether oxygens (including phenoxy) is 1. The molecule has 1 N–H and O–H groups in total. The van der Waals surface area contributed by atoms with Gasteiger partial charge in [-0.3, -0.25) is 0 Å². The third-order valence-corrected chi connectivity index (χ3v) is 5.40. The van der Waals surface area contributed by atoms with E-state index < -0.39 is 16.0 Å². The largest absolute Gasteiger partial charge is 0.478 e. The van der Waals surface area contributed by atoms with E-state index in [2.05, 4.69) is 0 Å². The Balaban J connectivity index is 1.84. The first-order valence-electron chi connectivity index (χ1n) is 5.91. The predicted molar refractivity (Wildman–Crippen MR) is 65.5 cm³/mol. The van der Waals surface area contributed by atoms with Gasteiger partial charge in [-0.2, -0.15) is 4.31 Å². The summed E-state index contributed by atoms with van der Waals surface area (Å²) >= 11 is 0. The summed E-state index contributed by atoms with van der Waals surface area (Å²) in [5.41, 5.74) is -0.312. The van der Waals surface area contributed by atoms with Gasteiger partial charge in [-0.25, -0.2) is 13.2 Å². The van der Waals surface area contributed by atoms with Crippen molar-refractivity contribution in [1.29, 1.82) is 0 Å². The topological polar surface area (TPSA) is 83.9 Å². The molecule has 19 heavy (non-hydrogen) atoms. The highest BCUT2D eigenvalue weighted by atomic mass is 32.2. The van der Waals surface area contributed by atoms with E-state index in [-0.39, 0.29) is 16.1 Å². The number of rotatable bonds is 3. The van der Waals surface area contributed by atoms with Crippen molar-refractivity contribution >= 4 is 16.0 Å². The van der Waals surface area contributed by atoms with E-state index in [0.29, 0.717) is 19.7 Å². The van der Waals surface area contributed by atoms with Crippen molar-refractivity contribution in [3.63, 3.8) is 0 Å². The lowest BCUT2D eigenvalue weighted by molar-refractivity contribution is -0.200. The maximum atomic E-state index is 12.3. The van der Waals surface area contributed by atoms with Crippen LogP contribution in [0, 0.1) is 0 Å². The van der Waals surface area contributed by atoms with Gasteiger partial charge in [0.25, 0.3) is 0 Å². The predicted octanol–water partition coefficient (Wildman–Crippen LogP) is 0.548. The zero-order chi connectivity index (χ0) is 13.7. The molecule has 7 heteroatoms. The van der Waals surface area contributed by atoms with E-state index >= 15 is 0 Å². The lowest BCUT2D eigenvalue weighted by atomic mass is 9.89. The summed E-state index contributed by atoms with van der Waals surface area (Å²) in [5, 5.41) is 8.89. The van der Waals surface area contributed by atoms with E-state index in [1.165, 1.54) is 28.6 Å². The molecule has 0 bridgehead atoms. The van der Waals surface area contributed by atoms with Crippen LogP contribution in [-0.2, 0) is 14.8 Å². The Bertz CT molecular complexity index is 627. The van der Waals surface area contributed by atoms with Crippen LogP contribution in [-0.4, -0.2) is 49.1 Å². The molecule has 1 spiro atoms. The maximum Gasteiger partial charge on any atom is 0.335 e. The van der Waals surface area contributed by atoms with Crippen LogP contribution in [0.5, 0.6) is 0 Å². The highest BCUT2D eigenvalue weighted by molar-refractivity contribution is 7.89.